The van der Waals surface area contributed by atoms with Gasteiger partial charge in [-0.15, -0.1) is 0 Å². The Bertz CT molecular complexity index is 486. The fraction of sp³-hybridized carbons (Fsp3) is 0.556. The average Bonchev–Trinajstić information content (AvgIpc) is 2.50. The highest BCUT2D eigenvalue weighted by Crippen LogP contribution is 2.13. The number of carbonyl (C=O) groups excluding carboxylic acids is 1. The van der Waals surface area contributed by atoms with E-state index >= 15 is 0 Å². The maximum Gasteiger partial charge on any atom is 0.257 e. The highest BCUT2D eigenvalue weighted by atomic mass is 32.1. The quantitative estimate of drug-likeness (QED) is 0.528. The Morgan fingerprint density at radius 1 is 1.13 bits per heavy atom. The third-order valence-electron chi connectivity index (χ3n) is 3.28. The zero-order chi connectivity index (χ0) is 17.1. The van der Waals surface area contributed by atoms with E-state index < -0.39 is 0 Å². The summed E-state index contributed by atoms with van der Waals surface area (Å²) in [6, 6.07) is 7.05. The second-order valence-electron chi connectivity index (χ2n) is 5.82. The number of ether oxygens (including phenoxy) is 1. The number of rotatable bonds is 9. The molecule has 1 aromatic rings. The third-order valence-corrected chi connectivity index (χ3v) is 3.53. The normalized spacial score (nSPS) is 10.4. The zero-order valence-electron chi connectivity index (χ0n) is 14.4. The zero-order valence-corrected chi connectivity index (χ0v) is 15.2. The molecule has 0 saturated heterocycles. The van der Waals surface area contributed by atoms with Crippen molar-refractivity contribution in [2.45, 2.75) is 59.0 Å². The molecule has 0 bridgehead atoms. The second-order valence-corrected chi connectivity index (χ2v) is 6.22. The second kappa shape index (κ2) is 11.0. The van der Waals surface area contributed by atoms with Gasteiger partial charge in [0.1, 0.15) is 5.75 Å². The molecule has 128 valence electrons. The lowest BCUT2D eigenvalue weighted by atomic mass is 10.1. The highest BCUT2D eigenvalue weighted by Gasteiger charge is 2.08. The number of benzene rings is 1. The molecule has 4 nitrogen and oxygen atoms in total. The molecule has 5 heteroatoms. The molecular weight excluding hydrogens is 308 g/mol. The molecule has 0 aliphatic carbocycles. The third kappa shape index (κ3) is 8.55. The van der Waals surface area contributed by atoms with E-state index in [-0.39, 0.29) is 12.0 Å². The Labute approximate surface area is 145 Å². The van der Waals surface area contributed by atoms with Crippen molar-refractivity contribution in [1.82, 2.24) is 10.6 Å². The van der Waals surface area contributed by atoms with Gasteiger partial charge in [-0.3, -0.25) is 10.1 Å². The maximum atomic E-state index is 12.1. The average molecular weight is 337 g/mol. The Morgan fingerprint density at radius 2 is 1.78 bits per heavy atom. The predicted octanol–water partition coefficient (Wildman–Crippen LogP) is 4.05. The molecule has 2 N–H and O–H groups in total. The summed E-state index contributed by atoms with van der Waals surface area (Å²) < 4.78 is 5.55. The first-order valence-electron chi connectivity index (χ1n) is 8.38. The number of carbonyl (C=O) groups is 1. The molecule has 0 heterocycles. The van der Waals surface area contributed by atoms with Crippen LogP contribution in [-0.2, 0) is 0 Å². The van der Waals surface area contributed by atoms with Crippen molar-refractivity contribution in [3.05, 3.63) is 29.8 Å². The monoisotopic (exact) mass is 336 g/mol. The molecule has 0 radical (unpaired) electrons. The molecule has 0 fully saturated rings. The Kier molecular flexibility index (Phi) is 9.29. The first-order chi connectivity index (χ1) is 11.0. The maximum absolute atomic E-state index is 12.1. The Balaban J connectivity index is 2.30. The predicted molar refractivity (Wildman–Crippen MR) is 99.0 cm³/mol. The highest BCUT2D eigenvalue weighted by molar-refractivity contribution is 7.80. The van der Waals surface area contributed by atoms with E-state index in [1.807, 2.05) is 13.8 Å². The smallest absolute Gasteiger partial charge is 0.257 e. The number of unbranched alkanes of at least 4 members (excludes halogenated alkanes) is 4. The van der Waals surface area contributed by atoms with Gasteiger partial charge in [-0.05, 0) is 56.8 Å². The molecule has 0 aliphatic rings. The van der Waals surface area contributed by atoms with Gasteiger partial charge in [0.2, 0.25) is 0 Å². The van der Waals surface area contributed by atoms with Gasteiger partial charge in [-0.25, -0.2) is 0 Å². The van der Waals surface area contributed by atoms with Gasteiger partial charge in [0.15, 0.2) is 5.11 Å². The summed E-state index contributed by atoms with van der Waals surface area (Å²) in [6.45, 7) is 6.92. The summed E-state index contributed by atoms with van der Waals surface area (Å²) in [4.78, 5) is 12.1. The van der Waals surface area contributed by atoms with Crippen LogP contribution >= 0.6 is 12.2 Å². The minimum atomic E-state index is -0.204. The van der Waals surface area contributed by atoms with Crippen molar-refractivity contribution in [2.75, 3.05) is 6.54 Å². The van der Waals surface area contributed by atoms with E-state index in [0.29, 0.717) is 10.7 Å². The molecular formula is C18H28N2O2S. The summed E-state index contributed by atoms with van der Waals surface area (Å²) in [5, 5.41) is 6.15. The van der Waals surface area contributed by atoms with E-state index in [9.17, 15) is 4.79 Å². The van der Waals surface area contributed by atoms with Gasteiger partial charge in [0, 0.05) is 12.1 Å². The SMILES string of the molecule is CCCCCCCNC(=S)NC(=O)c1ccc(OC(C)C)cc1. The standard InChI is InChI=1S/C18H28N2O2S/c1-4-5-6-7-8-13-19-18(23)20-17(21)15-9-11-16(12-10-15)22-14(2)3/h9-12,14H,4-8,13H2,1-3H3,(H2,19,20,21,23). The van der Waals surface area contributed by atoms with Crippen LogP contribution < -0.4 is 15.4 Å². The first kappa shape index (κ1) is 19.4. The molecule has 1 amide bonds. The topological polar surface area (TPSA) is 50.4 Å². The number of hydrogen-bond donors (Lipinski definition) is 2. The molecule has 0 unspecified atom stereocenters. The van der Waals surface area contributed by atoms with Crippen molar-refractivity contribution >= 4 is 23.2 Å². The van der Waals surface area contributed by atoms with Crippen LogP contribution in [0.15, 0.2) is 24.3 Å². The van der Waals surface area contributed by atoms with Crippen LogP contribution in [0, 0.1) is 0 Å². The first-order valence-corrected chi connectivity index (χ1v) is 8.79. The lowest BCUT2D eigenvalue weighted by molar-refractivity contribution is 0.0976. The van der Waals surface area contributed by atoms with Crippen LogP contribution in [0.2, 0.25) is 0 Å². The van der Waals surface area contributed by atoms with Gasteiger partial charge < -0.3 is 10.1 Å². The minimum Gasteiger partial charge on any atom is -0.491 e. The molecule has 0 saturated carbocycles. The molecule has 0 aromatic heterocycles. The van der Waals surface area contributed by atoms with Gasteiger partial charge in [0.25, 0.3) is 5.91 Å². The minimum absolute atomic E-state index is 0.115. The largest absolute Gasteiger partial charge is 0.491 e. The van der Waals surface area contributed by atoms with E-state index in [2.05, 4.69) is 17.6 Å². The molecule has 0 spiro atoms. The summed E-state index contributed by atoms with van der Waals surface area (Å²) in [6.07, 6.45) is 6.14. The van der Waals surface area contributed by atoms with Gasteiger partial charge >= 0.3 is 0 Å². The van der Waals surface area contributed by atoms with Crippen LogP contribution in [0.1, 0.15) is 63.2 Å². The number of amides is 1. The van der Waals surface area contributed by atoms with Gasteiger partial charge in [-0.1, -0.05) is 32.6 Å². The fourth-order valence-corrected chi connectivity index (χ4v) is 2.30. The lowest BCUT2D eigenvalue weighted by Gasteiger charge is -2.11. The van der Waals surface area contributed by atoms with Crippen molar-refractivity contribution in [3.63, 3.8) is 0 Å². The van der Waals surface area contributed by atoms with Crippen molar-refractivity contribution < 1.29 is 9.53 Å². The van der Waals surface area contributed by atoms with Crippen LogP contribution in [-0.4, -0.2) is 23.7 Å². The number of hydrogen-bond acceptors (Lipinski definition) is 3. The summed E-state index contributed by atoms with van der Waals surface area (Å²) in [5.74, 6) is 0.550. The molecule has 0 atom stereocenters. The van der Waals surface area contributed by atoms with Gasteiger partial charge in [0.05, 0.1) is 6.10 Å². The molecule has 1 aromatic carbocycles. The van der Waals surface area contributed by atoms with Crippen LogP contribution in [0.4, 0.5) is 0 Å². The van der Waals surface area contributed by atoms with E-state index in [1.54, 1.807) is 24.3 Å². The van der Waals surface area contributed by atoms with Gasteiger partial charge in [-0.2, -0.15) is 0 Å². The lowest BCUT2D eigenvalue weighted by Crippen LogP contribution is -2.39. The number of thiocarbonyl (C=S) groups is 1. The van der Waals surface area contributed by atoms with Crippen LogP contribution in [0.3, 0.4) is 0 Å². The fourth-order valence-electron chi connectivity index (χ4n) is 2.11. The van der Waals surface area contributed by atoms with E-state index in [0.717, 1.165) is 18.7 Å². The van der Waals surface area contributed by atoms with Crippen molar-refractivity contribution in [3.8, 4) is 5.75 Å². The molecule has 0 aliphatic heterocycles. The van der Waals surface area contributed by atoms with E-state index in [4.69, 9.17) is 17.0 Å². The van der Waals surface area contributed by atoms with Crippen LogP contribution in [0.25, 0.3) is 0 Å². The Morgan fingerprint density at radius 3 is 2.39 bits per heavy atom. The van der Waals surface area contributed by atoms with Crippen molar-refractivity contribution in [2.24, 2.45) is 0 Å². The summed E-state index contributed by atoms with van der Waals surface area (Å²) in [5.41, 5.74) is 0.563. The van der Waals surface area contributed by atoms with E-state index in [1.165, 1.54) is 25.7 Å². The Hall–Kier alpha value is -1.62. The van der Waals surface area contributed by atoms with Crippen molar-refractivity contribution in [1.29, 1.82) is 0 Å². The summed E-state index contributed by atoms with van der Waals surface area (Å²) >= 11 is 5.15. The summed E-state index contributed by atoms with van der Waals surface area (Å²) in [7, 11) is 0. The number of nitrogens with one attached hydrogen (secondary N) is 2. The molecule has 1 rings (SSSR count). The molecule has 23 heavy (non-hydrogen) atoms. The van der Waals surface area contributed by atoms with Crippen LogP contribution in [0.5, 0.6) is 5.75 Å².